The first-order valence-electron chi connectivity index (χ1n) is 6.32. The van der Waals surface area contributed by atoms with Gasteiger partial charge < -0.3 is 5.73 Å². The molecule has 0 aliphatic carbocycles. The van der Waals surface area contributed by atoms with E-state index in [1.54, 1.807) is 0 Å². The summed E-state index contributed by atoms with van der Waals surface area (Å²) >= 11 is 0. The molecule has 1 heterocycles. The van der Waals surface area contributed by atoms with Crippen LogP contribution in [0.1, 0.15) is 57.3 Å². The van der Waals surface area contributed by atoms with Crippen molar-refractivity contribution in [2.75, 3.05) is 0 Å². The number of nitrogens with two attached hydrogens (primary N) is 1. The van der Waals surface area contributed by atoms with Gasteiger partial charge in [-0.15, -0.1) is 0 Å². The molecule has 0 amide bonds. The molecule has 3 nitrogen and oxygen atoms in total. The van der Waals surface area contributed by atoms with Crippen LogP contribution in [0.15, 0.2) is 6.20 Å². The van der Waals surface area contributed by atoms with Crippen LogP contribution < -0.4 is 5.73 Å². The van der Waals surface area contributed by atoms with Gasteiger partial charge in [-0.1, -0.05) is 33.6 Å². The topological polar surface area (TPSA) is 43.8 Å². The van der Waals surface area contributed by atoms with Crippen LogP contribution in [0.2, 0.25) is 0 Å². The smallest absolute Gasteiger partial charge is 0.0669 e. The largest absolute Gasteiger partial charge is 0.324 e. The summed E-state index contributed by atoms with van der Waals surface area (Å²) in [6.07, 6.45) is 6.57. The Labute approximate surface area is 99.0 Å². The van der Waals surface area contributed by atoms with Crippen molar-refractivity contribution in [3.63, 3.8) is 0 Å². The van der Waals surface area contributed by atoms with Gasteiger partial charge in [0, 0.05) is 24.8 Å². The zero-order valence-corrected chi connectivity index (χ0v) is 11.0. The Bertz CT molecular complexity index is 315. The van der Waals surface area contributed by atoms with E-state index in [2.05, 4.69) is 32.1 Å². The normalized spacial score (nSPS) is 13.4. The molecular weight excluding hydrogens is 198 g/mol. The molecule has 1 aromatic heterocycles. The third-order valence-corrected chi connectivity index (χ3v) is 2.97. The van der Waals surface area contributed by atoms with E-state index in [4.69, 9.17) is 5.73 Å². The third-order valence-electron chi connectivity index (χ3n) is 2.97. The summed E-state index contributed by atoms with van der Waals surface area (Å²) in [5.41, 5.74) is 8.60. The van der Waals surface area contributed by atoms with Gasteiger partial charge in [0.2, 0.25) is 0 Å². The van der Waals surface area contributed by atoms with Crippen LogP contribution >= 0.6 is 0 Å². The van der Waals surface area contributed by atoms with Crippen LogP contribution in [0.4, 0.5) is 0 Å². The number of hydrogen-bond donors (Lipinski definition) is 1. The molecular formula is C13H25N3. The first-order chi connectivity index (χ1) is 7.54. The summed E-state index contributed by atoms with van der Waals surface area (Å²) in [7, 11) is 1.96. The van der Waals surface area contributed by atoms with Gasteiger partial charge >= 0.3 is 0 Å². The molecule has 1 unspecified atom stereocenters. The molecule has 3 heteroatoms. The molecule has 0 aromatic carbocycles. The van der Waals surface area contributed by atoms with Crippen molar-refractivity contribution in [1.29, 1.82) is 0 Å². The van der Waals surface area contributed by atoms with E-state index in [-0.39, 0.29) is 6.04 Å². The highest BCUT2D eigenvalue weighted by Gasteiger charge is 2.13. The molecule has 0 saturated carbocycles. The summed E-state index contributed by atoms with van der Waals surface area (Å²) in [6.45, 7) is 6.65. The molecule has 0 radical (unpaired) electrons. The van der Waals surface area contributed by atoms with E-state index in [9.17, 15) is 0 Å². The Morgan fingerprint density at radius 3 is 2.62 bits per heavy atom. The van der Waals surface area contributed by atoms with Crippen molar-refractivity contribution in [3.05, 3.63) is 17.5 Å². The fourth-order valence-corrected chi connectivity index (χ4v) is 2.04. The van der Waals surface area contributed by atoms with Crippen molar-refractivity contribution < 1.29 is 0 Å². The summed E-state index contributed by atoms with van der Waals surface area (Å²) in [6, 6.07) is 0.155. The molecule has 1 aromatic rings. The Kier molecular flexibility index (Phi) is 5.00. The second-order valence-electron chi connectivity index (χ2n) is 4.99. The van der Waals surface area contributed by atoms with Crippen LogP contribution in [0, 0.1) is 5.92 Å². The van der Waals surface area contributed by atoms with Crippen LogP contribution in [0.25, 0.3) is 0 Å². The monoisotopic (exact) mass is 223 g/mol. The van der Waals surface area contributed by atoms with Gasteiger partial charge in [0.1, 0.15) is 0 Å². The molecule has 0 aliphatic heterocycles. The highest BCUT2D eigenvalue weighted by molar-refractivity contribution is 5.20. The zero-order valence-electron chi connectivity index (χ0n) is 11.0. The van der Waals surface area contributed by atoms with E-state index in [0.29, 0.717) is 0 Å². The fraction of sp³-hybridized carbons (Fsp3) is 0.769. The zero-order chi connectivity index (χ0) is 12.1. The van der Waals surface area contributed by atoms with Gasteiger partial charge in [-0.3, -0.25) is 4.68 Å². The Balaban J connectivity index is 2.54. The molecule has 16 heavy (non-hydrogen) atoms. The quantitative estimate of drug-likeness (QED) is 0.806. The molecule has 1 atom stereocenters. The standard InChI is InChI=1S/C13H25N3/c1-5-13-11(9-16(4)15-13)12(14)8-6-7-10(2)3/h9-10,12H,5-8,14H2,1-4H3. The molecule has 92 valence electrons. The van der Waals surface area contributed by atoms with Crippen molar-refractivity contribution in [1.82, 2.24) is 9.78 Å². The van der Waals surface area contributed by atoms with E-state index >= 15 is 0 Å². The lowest BCUT2D eigenvalue weighted by molar-refractivity contribution is 0.504. The number of hydrogen-bond acceptors (Lipinski definition) is 2. The highest BCUT2D eigenvalue weighted by Crippen LogP contribution is 2.21. The lowest BCUT2D eigenvalue weighted by atomic mass is 9.98. The van der Waals surface area contributed by atoms with Crippen molar-refractivity contribution in [3.8, 4) is 0 Å². The molecule has 0 spiro atoms. The van der Waals surface area contributed by atoms with Gasteiger partial charge in [-0.25, -0.2) is 0 Å². The van der Waals surface area contributed by atoms with Crippen molar-refractivity contribution in [2.24, 2.45) is 18.7 Å². The fourth-order valence-electron chi connectivity index (χ4n) is 2.04. The molecule has 1 rings (SSSR count). The van der Waals surface area contributed by atoms with Crippen LogP contribution in [-0.4, -0.2) is 9.78 Å². The molecule has 0 fully saturated rings. The minimum atomic E-state index is 0.155. The Hall–Kier alpha value is -0.830. The number of nitrogens with zero attached hydrogens (tertiary/aromatic N) is 2. The van der Waals surface area contributed by atoms with Gasteiger partial charge in [-0.05, 0) is 18.8 Å². The van der Waals surface area contributed by atoms with Gasteiger partial charge in [-0.2, -0.15) is 5.10 Å². The second kappa shape index (κ2) is 6.04. The Morgan fingerprint density at radius 1 is 1.38 bits per heavy atom. The minimum Gasteiger partial charge on any atom is -0.324 e. The molecule has 0 aliphatic rings. The van der Waals surface area contributed by atoms with E-state index in [0.717, 1.165) is 24.5 Å². The predicted octanol–water partition coefficient (Wildman–Crippen LogP) is 2.81. The first kappa shape index (κ1) is 13.2. The first-order valence-corrected chi connectivity index (χ1v) is 6.32. The van der Waals surface area contributed by atoms with Crippen LogP contribution in [-0.2, 0) is 13.5 Å². The maximum atomic E-state index is 6.22. The lowest BCUT2D eigenvalue weighted by Crippen LogP contribution is -2.11. The van der Waals surface area contributed by atoms with Gasteiger partial charge in [0.05, 0.1) is 5.69 Å². The van der Waals surface area contributed by atoms with E-state index in [1.165, 1.54) is 18.4 Å². The highest BCUT2D eigenvalue weighted by atomic mass is 15.3. The Morgan fingerprint density at radius 2 is 2.06 bits per heavy atom. The number of aryl methyl sites for hydroxylation is 2. The second-order valence-corrected chi connectivity index (χ2v) is 4.99. The van der Waals surface area contributed by atoms with E-state index < -0.39 is 0 Å². The minimum absolute atomic E-state index is 0.155. The lowest BCUT2D eigenvalue weighted by Gasteiger charge is -2.12. The van der Waals surface area contributed by atoms with Crippen molar-refractivity contribution >= 4 is 0 Å². The summed E-state index contributed by atoms with van der Waals surface area (Å²) in [4.78, 5) is 0. The maximum Gasteiger partial charge on any atom is 0.0669 e. The maximum absolute atomic E-state index is 6.22. The average Bonchev–Trinajstić information content (AvgIpc) is 2.59. The van der Waals surface area contributed by atoms with Crippen LogP contribution in [0.5, 0.6) is 0 Å². The molecule has 0 saturated heterocycles. The average molecular weight is 223 g/mol. The van der Waals surface area contributed by atoms with Gasteiger partial charge in [0.15, 0.2) is 0 Å². The SMILES string of the molecule is CCc1nn(C)cc1C(N)CCCC(C)C. The van der Waals surface area contributed by atoms with E-state index in [1.807, 2.05) is 11.7 Å². The number of rotatable bonds is 6. The summed E-state index contributed by atoms with van der Waals surface area (Å²) < 4.78 is 1.87. The molecule has 2 N–H and O–H groups in total. The van der Waals surface area contributed by atoms with Crippen molar-refractivity contribution in [2.45, 2.75) is 52.5 Å². The predicted molar refractivity (Wildman–Crippen MR) is 68.2 cm³/mol. The number of aromatic nitrogens is 2. The third kappa shape index (κ3) is 3.63. The molecule has 0 bridgehead atoms. The van der Waals surface area contributed by atoms with Crippen LogP contribution in [0.3, 0.4) is 0 Å². The summed E-state index contributed by atoms with van der Waals surface area (Å²) in [5, 5.41) is 4.43. The summed E-state index contributed by atoms with van der Waals surface area (Å²) in [5.74, 6) is 0.770. The van der Waals surface area contributed by atoms with Gasteiger partial charge in [0.25, 0.3) is 0 Å².